The highest BCUT2D eigenvalue weighted by molar-refractivity contribution is 5.64. The average Bonchev–Trinajstić information content (AvgIpc) is 2.23. The summed E-state index contributed by atoms with van der Waals surface area (Å²) in [5.74, 6) is 0. The first-order chi connectivity index (χ1) is 7.20. The van der Waals surface area contributed by atoms with Crippen LogP contribution in [0.1, 0.15) is 31.7 Å². The second-order valence-electron chi connectivity index (χ2n) is 4.53. The third-order valence-electron chi connectivity index (χ3n) is 3.46. The Labute approximate surface area is 92.1 Å². The molecule has 0 aromatic heterocycles. The maximum atomic E-state index is 5.95. The van der Waals surface area contributed by atoms with Gasteiger partial charge >= 0.3 is 0 Å². The zero-order valence-electron chi connectivity index (χ0n) is 9.66. The number of nitrogens with two attached hydrogens (primary N) is 1. The van der Waals surface area contributed by atoms with Crippen LogP contribution < -0.4 is 10.6 Å². The van der Waals surface area contributed by atoms with Crippen LogP contribution in [-0.2, 0) is 0 Å². The molecule has 1 unspecified atom stereocenters. The maximum Gasteiger partial charge on any atom is 0.0419 e. The number of anilines is 2. The highest BCUT2D eigenvalue weighted by atomic mass is 15.2. The van der Waals surface area contributed by atoms with E-state index < -0.39 is 0 Å². The lowest BCUT2D eigenvalue weighted by Crippen LogP contribution is -2.37. The van der Waals surface area contributed by atoms with Crippen molar-refractivity contribution in [2.45, 2.75) is 39.2 Å². The topological polar surface area (TPSA) is 29.3 Å². The number of rotatable bonds is 1. The predicted octanol–water partition coefficient (Wildman–Crippen LogP) is 2.96. The van der Waals surface area contributed by atoms with Crippen molar-refractivity contribution < 1.29 is 0 Å². The molecule has 0 aliphatic carbocycles. The van der Waals surface area contributed by atoms with Crippen molar-refractivity contribution in [2.75, 3.05) is 17.2 Å². The van der Waals surface area contributed by atoms with Crippen LogP contribution in [0.3, 0.4) is 0 Å². The van der Waals surface area contributed by atoms with E-state index in [0.717, 1.165) is 5.69 Å². The summed E-state index contributed by atoms with van der Waals surface area (Å²) in [6.07, 6.45) is 3.96. The molecule has 1 aromatic rings. The van der Waals surface area contributed by atoms with E-state index in [0.29, 0.717) is 6.04 Å². The van der Waals surface area contributed by atoms with Crippen LogP contribution in [0.5, 0.6) is 0 Å². The first kappa shape index (κ1) is 10.3. The monoisotopic (exact) mass is 204 g/mol. The largest absolute Gasteiger partial charge is 0.398 e. The Bertz CT molecular complexity index is 346. The van der Waals surface area contributed by atoms with Crippen LogP contribution in [0.15, 0.2) is 18.2 Å². The SMILES string of the molecule is Cc1c(N)cccc1N1CCCCC1C. The van der Waals surface area contributed by atoms with E-state index in [-0.39, 0.29) is 0 Å². The van der Waals surface area contributed by atoms with Crippen molar-refractivity contribution in [3.8, 4) is 0 Å². The summed E-state index contributed by atoms with van der Waals surface area (Å²) in [6, 6.07) is 6.87. The fourth-order valence-electron chi connectivity index (χ4n) is 2.41. The van der Waals surface area contributed by atoms with Crippen molar-refractivity contribution >= 4 is 11.4 Å². The summed E-state index contributed by atoms with van der Waals surface area (Å²) < 4.78 is 0. The van der Waals surface area contributed by atoms with Gasteiger partial charge in [-0.3, -0.25) is 0 Å². The van der Waals surface area contributed by atoms with Gasteiger partial charge in [-0.15, -0.1) is 0 Å². The van der Waals surface area contributed by atoms with Crippen LogP contribution in [0.25, 0.3) is 0 Å². The fourth-order valence-corrected chi connectivity index (χ4v) is 2.41. The molecule has 82 valence electrons. The first-order valence-corrected chi connectivity index (χ1v) is 5.82. The van der Waals surface area contributed by atoms with Gasteiger partial charge in [0.15, 0.2) is 0 Å². The summed E-state index contributed by atoms with van der Waals surface area (Å²) >= 11 is 0. The second-order valence-corrected chi connectivity index (χ2v) is 4.53. The third-order valence-corrected chi connectivity index (χ3v) is 3.46. The number of benzene rings is 1. The summed E-state index contributed by atoms with van der Waals surface area (Å²) in [4.78, 5) is 2.50. The third kappa shape index (κ3) is 1.94. The van der Waals surface area contributed by atoms with E-state index in [1.165, 1.54) is 37.1 Å². The molecule has 2 nitrogen and oxygen atoms in total. The minimum absolute atomic E-state index is 0.652. The molecule has 1 aliphatic heterocycles. The number of hydrogen-bond acceptors (Lipinski definition) is 2. The lowest BCUT2D eigenvalue weighted by molar-refractivity contribution is 0.484. The Hall–Kier alpha value is -1.18. The van der Waals surface area contributed by atoms with E-state index in [9.17, 15) is 0 Å². The molecule has 0 amide bonds. The Morgan fingerprint density at radius 3 is 2.87 bits per heavy atom. The number of nitrogens with zero attached hydrogens (tertiary/aromatic N) is 1. The molecular weight excluding hydrogens is 184 g/mol. The Morgan fingerprint density at radius 1 is 1.33 bits per heavy atom. The van der Waals surface area contributed by atoms with Crippen molar-refractivity contribution in [2.24, 2.45) is 0 Å². The van der Waals surface area contributed by atoms with Crippen molar-refractivity contribution in [3.63, 3.8) is 0 Å². The molecule has 2 heteroatoms. The van der Waals surface area contributed by atoms with E-state index in [1.54, 1.807) is 0 Å². The average molecular weight is 204 g/mol. The van der Waals surface area contributed by atoms with Crippen molar-refractivity contribution in [1.29, 1.82) is 0 Å². The molecule has 0 radical (unpaired) electrons. The maximum absolute atomic E-state index is 5.95. The van der Waals surface area contributed by atoms with Gasteiger partial charge in [-0.05, 0) is 50.8 Å². The Balaban J connectivity index is 2.31. The van der Waals surface area contributed by atoms with Gasteiger partial charge < -0.3 is 10.6 Å². The van der Waals surface area contributed by atoms with Gasteiger partial charge in [0.05, 0.1) is 0 Å². The molecule has 0 saturated carbocycles. The van der Waals surface area contributed by atoms with Gasteiger partial charge in [0, 0.05) is 24.0 Å². The summed E-state index contributed by atoms with van der Waals surface area (Å²) in [7, 11) is 0. The predicted molar refractivity (Wildman–Crippen MR) is 66.3 cm³/mol. The molecule has 1 saturated heterocycles. The van der Waals surface area contributed by atoms with Gasteiger partial charge in [0.25, 0.3) is 0 Å². The molecule has 0 spiro atoms. The lowest BCUT2D eigenvalue weighted by atomic mass is 10.0. The molecule has 1 atom stereocenters. The molecule has 1 fully saturated rings. The van der Waals surface area contributed by atoms with E-state index in [4.69, 9.17) is 5.73 Å². The van der Waals surface area contributed by atoms with E-state index in [2.05, 4.69) is 30.9 Å². The Kier molecular flexibility index (Phi) is 2.85. The molecule has 1 aromatic carbocycles. The van der Waals surface area contributed by atoms with Crippen LogP contribution in [0, 0.1) is 6.92 Å². The fraction of sp³-hybridized carbons (Fsp3) is 0.538. The first-order valence-electron chi connectivity index (χ1n) is 5.82. The highest BCUT2D eigenvalue weighted by Crippen LogP contribution is 2.29. The summed E-state index contributed by atoms with van der Waals surface area (Å²) in [5.41, 5.74) is 9.40. The number of hydrogen-bond donors (Lipinski definition) is 1. The minimum atomic E-state index is 0.652. The van der Waals surface area contributed by atoms with Gasteiger partial charge in [-0.1, -0.05) is 6.07 Å². The smallest absolute Gasteiger partial charge is 0.0419 e. The molecular formula is C13H20N2. The van der Waals surface area contributed by atoms with Crippen LogP contribution >= 0.6 is 0 Å². The van der Waals surface area contributed by atoms with Gasteiger partial charge in [-0.25, -0.2) is 0 Å². The van der Waals surface area contributed by atoms with Crippen LogP contribution in [0.2, 0.25) is 0 Å². The summed E-state index contributed by atoms with van der Waals surface area (Å²) in [6.45, 7) is 5.60. The van der Waals surface area contributed by atoms with Gasteiger partial charge in [0.2, 0.25) is 0 Å². The summed E-state index contributed by atoms with van der Waals surface area (Å²) in [5, 5.41) is 0. The van der Waals surface area contributed by atoms with E-state index >= 15 is 0 Å². The molecule has 2 N–H and O–H groups in total. The van der Waals surface area contributed by atoms with Crippen LogP contribution in [-0.4, -0.2) is 12.6 Å². The molecule has 1 heterocycles. The van der Waals surface area contributed by atoms with Gasteiger partial charge in [-0.2, -0.15) is 0 Å². The highest BCUT2D eigenvalue weighted by Gasteiger charge is 2.20. The normalized spacial score (nSPS) is 21.7. The molecule has 1 aliphatic rings. The van der Waals surface area contributed by atoms with Crippen molar-refractivity contribution in [3.05, 3.63) is 23.8 Å². The second kappa shape index (κ2) is 4.13. The van der Waals surface area contributed by atoms with Crippen molar-refractivity contribution in [1.82, 2.24) is 0 Å². The van der Waals surface area contributed by atoms with Gasteiger partial charge in [0.1, 0.15) is 0 Å². The number of piperidine rings is 1. The standard InChI is InChI=1S/C13H20N2/c1-10-6-3-4-9-15(10)13-8-5-7-12(14)11(13)2/h5,7-8,10H,3-4,6,9,14H2,1-2H3. The Morgan fingerprint density at radius 2 is 2.13 bits per heavy atom. The zero-order chi connectivity index (χ0) is 10.8. The quantitative estimate of drug-likeness (QED) is 0.713. The molecule has 15 heavy (non-hydrogen) atoms. The molecule has 0 bridgehead atoms. The number of nitrogen functional groups attached to an aromatic ring is 1. The lowest BCUT2D eigenvalue weighted by Gasteiger charge is -2.36. The van der Waals surface area contributed by atoms with E-state index in [1.807, 2.05) is 6.07 Å². The zero-order valence-corrected chi connectivity index (χ0v) is 9.66. The minimum Gasteiger partial charge on any atom is -0.398 e. The molecule has 2 rings (SSSR count). The van der Waals surface area contributed by atoms with Crippen LogP contribution in [0.4, 0.5) is 11.4 Å².